The number of halogens is 1. The van der Waals surface area contributed by atoms with Crippen LogP contribution in [0, 0.1) is 18.3 Å². The maximum Gasteiger partial charge on any atom is 0.255 e. The molecule has 0 radical (unpaired) electrons. The van der Waals surface area contributed by atoms with Crippen molar-refractivity contribution < 1.29 is 4.79 Å². The van der Waals surface area contributed by atoms with Gasteiger partial charge in [-0.05, 0) is 36.8 Å². The van der Waals surface area contributed by atoms with Crippen molar-refractivity contribution in [2.45, 2.75) is 6.92 Å². The van der Waals surface area contributed by atoms with Crippen LogP contribution in [0.3, 0.4) is 0 Å². The first-order valence-electron chi connectivity index (χ1n) is 5.54. The highest BCUT2D eigenvalue weighted by Crippen LogP contribution is 2.20. The fraction of sp³-hybridized carbons (Fsp3) is 0.0714. The van der Waals surface area contributed by atoms with Crippen molar-refractivity contribution in [2.24, 2.45) is 0 Å². The van der Waals surface area contributed by atoms with Crippen LogP contribution in [0.2, 0.25) is 5.15 Å². The van der Waals surface area contributed by atoms with E-state index in [9.17, 15) is 4.79 Å². The molecule has 1 amide bonds. The molecule has 94 valence electrons. The zero-order valence-corrected chi connectivity index (χ0v) is 10.9. The minimum absolute atomic E-state index is 0.232. The highest BCUT2D eigenvalue weighted by atomic mass is 35.5. The highest BCUT2D eigenvalue weighted by molar-refractivity contribution is 6.32. The molecule has 0 fully saturated rings. The maximum absolute atomic E-state index is 12.0. The first kappa shape index (κ1) is 13.1. The Morgan fingerprint density at radius 1 is 1.42 bits per heavy atom. The second kappa shape index (κ2) is 5.51. The smallest absolute Gasteiger partial charge is 0.255 e. The molecular formula is C14H10ClN3O. The van der Waals surface area contributed by atoms with Crippen molar-refractivity contribution in [3.63, 3.8) is 0 Å². The van der Waals surface area contributed by atoms with Gasteiger partial charge >= 0.3 is 0 Å². The lowest BCUT2D eigenvalue weighted by atomic mass is 10.1. The summed E-state index contributed by atoms with van der Waals surface area (Å²) in [6.07, 6.45) is 1.62. The number of pyridine rings is 1. The van der Waals surface area contributed by atoms with Crippen LogP contribution in [0.1, 0.15) is 21.5 Å². The second-order valence-electron chi connectivity index (χ2n) is 4.00. The van der Waals surface area contributed by atoms with Gasteiger partial charge in [0.25, 0.3) is 5.91 Å². The van der Waals surface area contributed by atoms with E-state index >= 15 is 0 Å². The minimum atomic E-state index is -0.327. The summed E-state index contributed by atoms with van der Waals surface area (Å²) < 4.78 is 0. The van der Waals surface area contributed by atoms with E-state index in [4.69, 9.17) is 16.9 Å². The Kier molecular flexibility index (Phi) is 3.79. The Balaban J connectivity index is 2.26. The number of carbonyl (C=O) groups excluding carboxylic acids is 1. The Morgan fingerprint density at radius 3 is 2.95 bits per heavy atom. The molecule has 5 heteroatoms. The fourth-order valence-corrected chi connectivity index (χ4v) is 1.72. The van der Waals surface area contributed by atoms with Crippen LogP contribution in [0.5, 0.6) is 0 Å². The summed E-state index contributed by atoms with van der Waals surface area (Å²) in [6, 6.07) is 10.2. The van der Waals surface area contributed by atoms with Gasteiger partial charge in [-0.25, -0.2) is 4.98 Å². The molecule has 4 nitrogen and oxygen atoms in total. The van der Waals surface area contributed by atoms with Crippen LogP contribution >= 0.6 is 11.6 Å². The standard InChI is InChI=1S/C14H10ClN3O/c1-9-5-12(13(15)17-8-9)18-14(19)11-4-2-3-10(6-11)7-16/h2-6,8H,1H3,(H,18,19). The summed E-state index contributed by atoms with van der Waals surface area (Å²) in [7, 11) is 0. The van der Waals surface area contributed by atoms with Crippen molar-refractivity contribution in [1.29, 1.82) is 5.26 Å². The van der Waals surface area contributed by atoms with E-state index in [1.165, 1.54) is 6.07 Å². The van der Waals surface area contributed by atoms with Gasteiger partial charge in [0.15, 0.2) is 5.15 Å². The molecule has 0 aliphatic carbocycles. The lowest BCUT2D eigenvalue weighted by molar-refractivity contribution is 0.102. The normalized spacial score (nSPS) is 9.74. The van der Waals surface area contributed by atoms with E-state index in [1.54, 1.807) is 30.5 Å². The van der Waals surface area contributed by atoms with Crippen LogP contribution in [0.4, 0.5) is 5.69 Å². The van der Waals surface area contributed by atoms with Gasteiger partial charge in [-0.3, -0.25) is 4.79 Å². The van der Waals surface area contributed by atoms with Crippen LogP contribution in [-0.4, -0.2) is 10.9 Å². The molecule has 0 unspecified atom stereocenters. The Morgan fingerprint density at radius 2 is 2.21 bits per heavy atom. The first-order valence-corrected chi connectivity index (χ1v) is 5.91. The summed E-state index contributed by atoms with van der Waals surface area (Å²) >= 11 is 5.91. The third kappa shape index (κ3) is 3.09. The molecule has 1 aromatic heterocycles. The third-order valence-electron chi connectivity index (χ3n) is 2.48. The van der Waals surface area contributed by atoms with E-state index in [0.717, 1.165) is 5.56 Å². The van der Waals surface area contributed by atoms with Gasteiger partial charge < -0.3 is 5.32 Å². The lowest BCUT2D eigenvalue weighted by Crippen LogP contribution is -2.12. The van der Waals surface area contributed by atoms with Gasteiger partial charge in [-0.15, -0.1) is 0 Å². The fourth-order valence-electron chi connectivity index (χ4n) is 1.56. The molecular weight excluding hydrogens is 262 g/mol. The summed E-state index contributed by atoms with van der Waals surface area (Å²) in [5.41, 5.74) is 2.18. The van der Waals surface area contributed by atoms with Crippen molar-refractivity contribution in [1.82, 2.24) is 4.98 Å². The molecule has 0 bridgehead atoms. The summed E-state index contributed by atoms with van der Waals surface area (Å²) in [5.74, 6) is -0.327. The molecule has 0 atom stereocenters. The second-order valence-corrected chi connectivity index (χ2v) is 4.36. The zero-order chi connectivity index (χ0) is 13.8. The van der Waals surface area contributed by atoms with Crippen molar-refractivity contribution >= 4 is 23.2 Å². The first-order chi connectivity index (χ1) is 9.10. The molecule has 0 aliphatic rings. The van der Waals surface area contributed by atoms with Gasteiger partial charge in [-0.1, -0.05) is 17.7 Å². The third-order valence-corrected chi connectivity index (χ3v) is 2.78. The number of carbonyl (C=O) groups is 1. The Hall–Kier alpha value is -2.38. The van der Waals surface area contributed by atoms with E-state index in [-0.39, 0.29) is 11.1 Å². The summed E-state index contributed by atoms with van der Waals surface area (Å²) in [4.78, 5) is 16.0. The van der Waals surface area contributed by atoms with Gasteiger partial charge in [0.2, 0.25) is 0 Å². The molecule has 0 saturated carbocycles. The van der Waals surface area contributed by atoms with E-state index in [2.05, 4.69) is 10.3 Å². The number of anilines is 1. The van der Waals surface area contributed by atoms with Crippen molar-refractivity contribution in [3.8, 4) is 6.07 Å². The zero-order valence-electron chi connectivity index (χ0n) is 10.1. The van der Waals surface area contributed by atoms with Gasteiger partial charge in [0, 0.05) is 11.8 Å². The number of aromatic nitrogens is 1. The predicted octanol–water partition coefficient (Wildman–Crippen LogP) is 3.17. The number of nitriles is 1. The quantitative estimate of drug-likeness (QED) is 0.853. The van der Waals surface area contributed by atoms with E-state index < -0.39 is 0 Å². The highest BCUT2D eigenvalue weighted by Gasteiger charge is 2.09. The predicted molar refractivity (Wildman–Crippen MR) is 73.1 cm³/mol. The Bertz CT molecular complexity index is 677. The van der Waals surface area contributed by atoms with E-state index in [1.807, 2.05) is 13.0 Å². The van der Waals surface area contributed by atoms with Crippen LogP contribution < -0.4 is 5.32 Å². The monoisotopic (exact) mass is 271 g/mol. The molecule has 1 heterocycles. The summed E-state index contributed by atoms with van der Waals surface area (Å²) in [5, 5.41) is 11.7. The number of rotatable bonds is 2. The number of hydrogen-bond donors (Lipinski definition) is 1. The molecule has 1 aromatic carbocycles. The molecule has 19 heavy (non-hydrogen) atoms. The number of nitrogens with one attached hydrogen (secondary N) is 1. The molecule has 2 rings (SSSR count). The van der Waals surface area contributed by atoms with Gasteiger partial charge in [0.05, 0.1) is 17.3 Å². The van der Waals surface area contributed by atoms with Crippen molar-refractivity contribution in [2.75, 3.05) is 5.32 Å². The maximum atomic E-state index is 12.0. The average molecular weight is 272 g/mol. The topological polar surface area (TPSA) is 65.8 Å². The minimum Gasteiger partial charge on any atom is -0.319 e. The number of nitrogens with zero attached hydrogens (tertiary/aromatic N) is 2. The number of benzene rings is 1. The van der Waals surface area contributed by atoms with Crippen molar-refractivity contribution in [3.05, 3.63) is 58.4 Å². The van der Waals surface area contributed by atoms with Crippen LogP contribution in [-0.2, 0) is 0 Å². The number of hydrogen-bond acceptors (Lipinski definition) is 3. The molecule has 0 spiro atoms. The molecule has 2 aromatic rings. The SMILES string of the molecule is Cc1cnc(Cl)c(NC(=O)c2cccc(C#N)c2)c1. The molecule has 0 saturated heterocycles. The van der Waals surface area contributed by atoms with Gasteiger partial charge in [-0.2, -0.15) is 5.26 Å². The van der Waals surface area contributed by atoms with Crippen LogP contribution in [0.25, 0.3) is 0 Å². The Labute approximate surface area is 115 Å². The lowest BCUT2D eigenvalue weighted by Gasteiger charge is -2.07. The van der Waals surface area contributed by atoms with Crippen LogP contribution in [0.15, 0.2) is 36.5 Å². The average Bonchev–Trinajstić information content (AvgIpc) is 2.43. The van der Waals surface area contributed by atoms with Gasteiger partial charge in [0.1, 0.15) is 0 Å². The van der Waals surface area contributed by atoms with E-state index in [0.29, 0.717) is 16.8 Å². The largest absolute Gasteiger partial charge is 0.319 e. The number of aryl methyl sites for hydroxylation is 1. The summed E-state index contributed by atoms with van der Waals surface area (Å²) in [6.45, 7) is 1.86. The molecule has 1 N–H and O–H groups in total. The number of amides is 1. The molecule has 0 aliphatic heterocycles.